The van der Waals surface area contributed by atoms with Crippen LogP contribution in [-0.2, 0) is 14.8 Å². The highest BCUT2D eigenvalue weighted by Crippen LogP contribution is 2.25. The third-order valence-corrected chi connectivity index (χ3v) is 4.12. The Hall–Kier alpha value is -1.60. The molecule has 1 amide bonds. The number of rotatable bonds is 6. The lowest BCUT2D eigenvalue weighted by molar-refractivity contribution is -0.128. The van der Waals surface area contributed by atoms with E-state index in [0.717, 1.165) is 0 Å². The maximum atomic E-state index is 11.4. The monoisotopic (exact) mass is 314 g/mol. The third-order valence-electron chi connectivity index (χ3n) is 3.07. The van der Waals surface area contributed by atoms with E-state index in [4.69, 9.17) is 9.88 Å². The molecule has 0 heterocycles. The van der Waals surface area contributed by atoms with Crippen molar-refractivity contribution in [3.8, 4) is 5.75 Å². The Kier molecular flexibility index (Phi) is 5.74. The van der Waals surface area contributed by atoms with E-state index in [2.05, 4.69) is 0 Å². The average molecular weight is 314 g/mol. The van der Waals surface area contributed by atoms with Gasteiger partial charge in [0, 0.05) is 20.5 Å². The molecule has 0 atom stereocenters. The van der Waals surface area contributed by atoms with Crippen LogP contribution in [0.1, 0.15) is 24.0 Å². The van der Waals surface area contributed by atoms with Gasteiger partial charge in [0.05, 0.1) is 11.5 Å². The lowest BCUT2D eigenvalue weighted by Crippen LogP contribution is -2.21. The molecule has 0 unspecified atom stereocenters. The molecule has 0 radical (unpaired) electrons. The van der Waals surface area contributed by atoms with Gasteiger partial charge in [-0.3, -0.25) is 4.79 Å². The number of hydrogen-bond donors (Lipinski definition) is 1. The Labute approximate surface area is 125 Å². The second-order valence-electron chi connectivity index (χ2n) is 5.17. The number of ether oxygens (including phenoxy) is 1. The maximum Gasteiger partial charge on any atom is 0.238 e. The second-order valence-corrected chi connectivity index (χ2v) is 6.70. The molecule has 7 heteroatoms. The Balaban J connectivity index is 2.70. The number of carbonyl (C=O) groups excluding carboxylic acids is 1. The quantitative estimate of drug-likeness (QED) is 0.799. The highest BCUT2D eigenvalue weighted by Gasteiger charge is 2.14. The van der Waals surface area contributed by atoms with Crippen LogP contribution in [0.2, 0.25) is 0 Å². The zero-order valence-corrected chi connectivity index (χ0v) is 13.7. The lowest BCUT2D eigenvalue weighted by atomic mass is 10.1. The molecule has 6 nitrogen and oxygen atoms in total. The maximum absolute atomic E-state index is 11.4. The molecule has 0 aliphatic heterocycles. The van der Waals surface area contributed by atoms with Crippen LogP contribution in [-0.4, -0.2) is 39.9 Å². The zero-order chi connectivity index (χ0) is 16.2. The van der Waals surface area contributed by atoms with Gasteiger partial charge in [0.1, 0.15) is 5.75 Å². The van der Waals surface area contributed by atoms with Crippen LogP contribution in [0.4, 0.5) is 0 Å². The fourth-order valence-corrected chi connectivity index (χ4v) is 2.70. The van der Waals surface area contributed by atoms with E-state index >= 15 is 0 Å². The van der Waals surface area contributed by atoms with Gasteiger partial charge in [-0.25, -0.2) is 13.6 Å². The fourth-order valence-electron chi connectivity index (χ4n) is 1.85. The number of nitrogens with two attached hydrogens (primary N) is 1. The van der Waals surface area contributed by atoms with Crippen LogP contribution < -0.4 is 9.88 Å². The third kappa shape index (κ3) is 5.02. The molecule has 1 aromatic carbocycles. The number of benzene rings is 1. The molecule has 1 aromatic rings. The molecule has 1 rings (SSSR count). The number of primary sulfonamides is 1. The van der Waals surface area contributed by atoms with E-state index in [1.54, 1.807) is 34.0 Å². The summed E-state index contributed by atoms with van der Waals surface area (Å²) in [6, 6.07) is 3.16. The van der Waals surface area contributed by atoms with Crippen molar-refractivity contribution < 1.29 is 17.9 Å². The van der Waals surface area contributed by atoms with Gasteiger partial charge in [0.25, 0.3) is 0 Å². The van der Waals surface area contributed by atoms with Crippen molar-refractivity contribution in [1.29, 1.82) is 0 Å². The predicted octanol–water partition coefficient (Wildman–Crippen LogP) is 1.20. The summed E-state index contributed by atoms with van der Waals surface area (Å²) in [5, 5.41) is 5.15. The van der Waals surface area contributed by atoms with Crippen molar-refractivity contribution in [2.24, 2.45) is 5.14 Å². The van der Waals surface area contributed by atoms with Crippen molar-refractivity contribution in [3.05, 3.63) is 23.3 Å². The molecule has 0 saturated carbocycles. The molecule has 0 bridgehead atoms. The van der Waals surface area contributed by atoms with Crippen molar-refractivity contribution in [1.82, 2.24) is 4.90 Å². The van der Waals surface area contributed by atoms with E-state index in [0.29, 0.717) is 36.3 Å². The van der Waals surface area contributed by atoms with Crippen LogP contribution in [0.15, 0.2) is 17.0 Å². The molecule has 0 aliphatic rings. The first-order valence-corrected chi connectivity index (χ1v) is 8.14. The minimum absolute atomic E-state index is 0.0519. The molecule has 0 aliphatic carbocycles. The van der Waals surface area contributed by atoms with Crippen LogP contribution in [0, 0.1) is 13.8 Å². The van der Waals surface area contributed by atoms with Crippen LogP contribution in [0.25, 0.3) is 0 Å². The van der Waals surface area contributed by atoms with Gasteiger partial charge in [-0.15, -0.1) is 0 Å². The van der Waals surface area contributed by atoms with Crippen molar-refractivity contribution in [2.45, 2.75) is 31.6 Å². The first-order chi connectivity index (χ1) is 9.62. The van der Waals surface area contributed by atoms with Crippen molar-refractivity contribution >= 4 is 15.9 Å². The molecule has 21 heavy (non-hydrogen) atoms. The molecule has 0 spiro atoms. The van der Waals surface area contributed by atoms with E-state index in [1.165, 1.54) is 11.0 Å². The summed E-state index contributed by atoms with van der Waals surface area (Å²) in [6.07, 6.45) is 1.02. The Morgan fingerprint density at radius 3 is 2.38 bits per heavy atom. The number of hydrogen-bond acceptors (Lipinski definition) is 4. The molecule has 0 saturated heterocycles. The van der Waals surface area contributed by atoms with Gasteiger partial charge in [0.15, 0.2) is 0 Å². The van der Waals surface area contributed by atoms with Gasteiger partial charge in [-0.05, 0) is 43.5 Å². The smallest absolute Gasteiger partial charge is 0.238 e. The minimum atomic E-state index is -3.72. The van der Waals surface area contributed by atoms with Gasteiger partial charge in [0.2, 0.25) is 15.9 Å². The fraction of sp³-hybridized carbons (Fsp3) is 0.500. The number of aryl methyl sites for hydroxylation is 2. The zero-order valence-electron chi connectivity index (χ0n) is 12.8. The van der Waals surface area contributed by atoms with E-state index in [-0.39, 0.29) is 10.8 Å². The largest absolute Gasteiger partial charge is 0.493 e. The lowest BCUT2D eigenvalue weighted by Gasteiger charge is -2.13. The van der Waals surface area contributed by atoms with Crippen LogP contribution >= 0.6 is 0 Å². The first-order valence-electron chi connectivity index (χ1n) is 6.60. The van der Waals surface area contributed by atoms with Gasteiger partial charge >= 0.3 is 0 Å². The number of carbonyl (C=O) groups is 1. The minimum Gasteiger partial charge on any atom is -0.493 e. The molecule has 2 N–H and O–H groups in total. The normalized spacial score (nSPS) is 11.3. The highest BCUT2D eigenvalue weighted by molar-refractivity contribution is 7.89. The highest BCUT2D eigenvalue weighted by atomic mass is 32.2. The molecular weight excluding hydrogens is 292 g/mol. The summed E-state index contributed by atoms with van der Waals surface area (Å²) in [5.74, 6) is 0.660. The summed E-state index contributed by atoms with van der Waals surface area (Å²) in [4.78, 5) is 13.1. The summed E-state index contributed by atoms with van der Waals surface area (Å²) in [5.41, 5.74) is 1.24. The Morgan fingerprint density at radius 2 is 1.86 bits per heavy atom. The van der Waals surface area contributed by atoms with Gasteiger partial charge in [-0.2, -0.15) is 0 Å². The van der Waals surface area contributed by atoms with E-state index in [9.17, 15) is 13.2 Å². The van der Waals surface area contributed by atoms with Crippen LogP contribution in [0.5, 0.6) is 5.75 Å². The summed E-state index contributed by atoms with van der Waals surface area (Å²) >= 11 is 0. The SMILES string of the molecule is Cc1cc(S(N)(=O)=O)c(C)cc1OCCCC(=O)N(C)C. The first kappa shape index (κ1) is 17.5. The number of sulfonamides is 1. The predicted molar refractivity (Wildman–Crippen MR) is 80.7 cm³/mol. The summed E-state index contributed by atoms with van der Waals surface area (Å²) in [7, 11) is -0.302. The summed E-state index contributed by atoms with van der Waals surface area (Å²) in [6.45, 7) is 3.82. The van der Waals surface area contributed by atoms with E-state index < -0.39 is 10.0 Å². The summed E-state index contributed by atoms with van der Waals surface area (Å²) < 4.78 is 28.4. The van der Waals surface area contributed by atoms with Crippen molar-refractivity contribution in [3.63, 3.8) is 0 Å². The Bertz CT molecular complexity index is 624. The Morgan fingerprint density at radius 1 is 1.24 bits per heavy atom. The standard InChI is InChI=1S/C14H22N2O4S/c1-10-9-13(21(15,18)19)11(2)8-12(10)20-7-5-6-14(17)16(3)4/h8-9H,5-7H2,1-4H3,(H2,15,18,19). The molecular formula is C14H22N2O4S. The average Bonchev–Trinajstić information content (AvgIpc) is 2.36. The van der Waals surface area contributed by atoms with Gasteiger partial charge in [-0.1, -0.05) is 0 Å². The number of amides is 1. The topological polar surface area (TPSA) is 89.7 Å². The molecule has 0 fully saturated rings. The molecule has 0 aromatic heterocycles. The van der Waals surface area contributed by atoms with E-state index in [1.807, 2.05) is 0 Å². The van der Waals surface area contributed by atoms with Crippen LogP contribution in [0.3, 0.4) is 0 Å². The van der Waals surface area contributed by atoms with Crippen molar-refractivity contribution in [2.75, 3.05) is 20.7 Å². The van der Waals surface area contributed by atoms with Gasteiger partial charge < -0.3 is 9.64 Å². The second kappa shape index (κ2) is 6.91. The molecule has 118 valence electrons. The number of nitrogens with zero attached hydrogens (tertiary/aromatic N) is 1.